The van der Waals surface area contributed by atoms with Crippen LogP contribution in [0.2, 0.25) is 0 Å². The molecule has 1 heterocycles. The molecule has 1 aliphatic heterocycles. The topological polar surface area (TPSA) is 47.6 Å². The largest absolute Gasteiger partial charge is 0.350 e. The first kappa shape index (κ1) is 17.9. The molecule has 0 spiro atoms. The highest BCUT2D eigenvalue weighted by Gasteiger charge is 2.14. The molecule has 1 amide bonds. The summed E-state index contributed by atoms with van der Waals surface area (Å²) in [4.78, 5) is 17.0. The van der Waals surface area contributed by atoms with E-state index in [0.717, 1.165) is 44.8 Å². The van der Waals surface area contributed by atoms with Crippen molar-refractivity contribution in [2.45, 2.75) is 26.4 Å². The molecule has 0 radical (unpaired) electrons. The Hall–Kier alpha value is -1.43. The van der Waals surface area contributed by atoms with Gasteiger partial charge in [-0.2, -0.15) is 0 Å². The lowest BCUT2D eigenvalue weighted by Gasteiger charge is -2.32. The van der Waals surface area contributed by atoms with Crippen molar-refractivity contribution in [2.75, 3.05) is 46.3 Å². The van der Waals surface area contributed by atoms with E-state index >= 15 is 0 Å². The number of benzene rings is 1. The molecular formula is C18H30N4O. The quantitative estimate of drug-likeness (QED) is 0.792. The Morgan fingerprint density at radius 1 is 1.17 bits per heavy atom. The second kappa shape index (κ2) is 9.01. The van der Waals surface area contributed by atoms with E-state index in [2.05, 4.69) is 53.5 Å². The van der Waals surface area contributed by atoms with Crippen LogP contribution in [-0.2, 0) is 6.54 Å². The van der Waals surface area contributed by atoms with Gasteiger partial charge in [-0.1, -0.05) is 19.1 Å². The zero-order valence-electron chi connectivity index (χ0n) is 14.6. The van der Waals surface area contributed by atoms with Crippen LogP contribution in [0.1, 0.15) is 29.8 Å². The van der Waals surface area contributed by atoms with Crippen LogP contribution >= 0.6 is 0 Å². The molecule has 1 aliphatic rings. The number of hydrogen-bond donors (Lipinski definition) is 2. The van der Waals surface area contributed by atoms with Crippen LogP contribution in [0.5, 0.6) is 0 Å². The van der Waals surface area contributed by atoms with Gasteiger partial charge in [-0.15, -0.1) is 0 Å². The standard InChI is InChI=1S/C18H30N4O/c1-4-19-15(2)13-20-18(23)17-7-5-16(6-8-17)14-22-11-9-21(3)10-12-22/h5-8,15,19H,4,9-14H2,1-3H3,(H,20,23)/t15-/m1/s1. The summed E-state index contributed by atoms with van der Waals surface area (Å²) in [6.07, 6.45) is 0. The van der Waals surface area contributed by atoms with E-state index in [9.17, 15) is 4.79 Å². The second-order valence-corrected chi connectivity index (χ2v) is 6.45. The SMILES string of the molecule is CCN[C@H](C)CNC(=O)c1ccc(CN2CCN(C)CC2)cc1. The van der Waals surface area contributed by atoms with Crippen LogP contribution in [0.25, 0.3) is 0 Å². The smallest absolute Gasteiger partial charge is 0.251 e. The number of rotatable bonds is 7. The number of nitrogens with one attached hydrogen (secondary N) is 2. The molecule has 1 aromatic rings. The van der Waals surface area contributed by atoms with Crippen molar-refractivity contribution in [2.24, 2.45) is 0 Å². The summed E-state index contributed by atoms with van der Waals surface area (Å²) < 4.78 is 0. The van der Waals surface area contributed by atoms with Gasteiger partial charge in [-0.25, -0.2) is 0 Å². The Bertz CT molecular complexity index is 480. The third-order valence-corrected chi connectivity index (χ3v) is 4.34. The average Bonchev–Trinajstić information content (AvgIpc) is 2.56. The van der Waals surface area contributed by atoms with E-state index in [4.69, 9.17) is 0 Å². The van der Waals surface area contributed by atoms with Crippen molar-refractivity contribution in [3.63, 3.8) is 0 Å². The van der Waals surface area contributed by atoms with Gasteiger partial charge in [-0.05, 0) is 38.2 Å². The number of carbonyl (C=O) groups excluding carboxylic acids is 1. The molecule has 0 saturated carbocycles. The van der Waals surface area contributed by atoms with Crippen molar-refractivity contribution in [3.8, 4) is 0 Å². The summed E-state index contributed by atoms with van der Waals surface area (Å²) >= 11 is 0. The average molecular weight is 318 g/mol. The molecule has 1 saturated heterocycles. The fraction of sp³-hybridized carbons (Fsp3) is 0.611. The zero-order valence-corrected chi connectivity index (χ0v) is 14.6. The van der Waals surface area contributed by atoms with Gasteiger partial charge in [-0.3, -0.25) is 9.69 Å². The Balaban J connectivity index is 1.80. The van der Waals surface area contributed by atoms with Crippen LogP contribution in [0.4, 0.5) is 0 Å². The molecule has 1 atom stereocenters. The fourth-order valence-electron chi connectivity index (χ4n) is 2.79. The molecule has 128 valence electrons. The van der Waals surface area contributed by atoms with Crippen LogP contribution in [-0.4, -0.2) is 68.1 Å². The first-order valence-corrected chi connectivity index (χ1v) is 8.60. The van der Waals surface area contributed by atoms with Crippen LogP contribution in [0.15, 0.2) is 24.3 Å². The Morgan fingerprint density at radius 2 is 1.83 bits per heavy atom. The lowest BCUT2D eigenvalue weighted by Crippen LogP contribution is -2.43. The lowest BCUT2D eigenvalue weighted by atomic mass is 10.1. The molecule has 0 unspecified atom stereocenters. The first-order chi connectivity index (χ1) is 11.1. The summed E-state index contributed by atoms with van der Waals surface area (Å²) in [6, 6.07) is 8.29. The van der Waals surface area contributed by atoms with Gasteiger partial charge in [0.05, 0.1) is 0 Å². The Morgan fingerprint density at radius 3 is 2.43 bits per heavy atom. The number of nitrogens with zero attached hydrogens (tertiary/aromatic N) is 2. The normalized spacial score (nSPS) is 17.9. The Labute approximate surface area is 140 Å². The van der Waals surface area contributed by atoms with Crippen molar-refractivity contribution < 1.29 is 4.79 Å². The highest BCUT2D eigenvalue weighted by atomic mass is 16.1. The number of amides is 1. The number of hydrogen-bond acceptors (Lipinski definition) is 4. The number of piperazine rings is 1. The van der Waals surface area contributed by atoms with Gasteiger partial charge in [0, 0.05) is 50.9 Å². The summed E-state index contributed by atoms with van der Waals surface area (Å²) in [5, 5.41) is 6.26. The van der Waals surface area contributed by atoms with E-state index in [1.165, 1.54) is 5.56 Å². The van der Waals surface area contributed by atoms with Crippen LogP contribution in [0.3, 0.4) is 0 Å². The summed E-state index contributed by atoms with van der Waals surface area (Å²) in [5.74, 6) is 0.000834. The predicted molar refractivity (Wildman–Crippen MR) is 94.7 cm³/mol. The van der Waals surface area contributed by atoms with Gasteiger partial charge >= 0.3 is 0 Å². The maximum Gasteiger partial charge on any atom is 0.251 e. The molecule has 5 heteroatoms. The minimum Gasteiger partial charge on any atom is -0.350 e. The highest BCUT2D eigenvalue weighted by molar-refractivity contribution is 5.94. The zero-order chi connectivity index (χ0) is 16.7. The molecule has 0 aromatic heterocycles. The minimum atomic E-state index is 0.000834. The second-order valence-electron chi connectivity index (χ2n) is 6.45. The highest BCUT2D eigenvalue weighted by Crippen LogP contribution is 2.09. The maximum atomic E-state index is 12.1. The fourth-order valence-corrected chi connectivity index (χ4v) is 2.79. The van der Waals surface area contributed by atoms with E-state index in [1.54, 1.807) is 0 Å². The molecular weight excluding hydrogens is 288 g/mol. The third kappa shape index (κ3) is 5.94. The molecule has 1 fully saturated rings. The molecule has 0 bridgehead atoms. The van der Waals surface area contributed by atoms with Gasteiger partial charge in [0.2, 0.25) is 0 Å². The monoisotopic (exact) mass is 318 g/mol. The van der Waals surface area contributed by atoms with Gasteiger partial charge in [0.15, 0.2) is 0 Å². The third-order valence-electron chi connectivity index (χ3n) is 4.34. The number of carbonyl (C=O) groups is 1. The predicted octanol–water partition coefficient (Wildman–Crippen LogP) is 1.16. The van der Waals surface area contributed by atoms with Gasteiger partial charge in [0.25, 0.3) is 5.91 Å². The van der Waals surface area contributed by atoms with Gasteiger partial charge < -0.3 is 15.5 Å². The molecule has 0 aliphatic carbocycles. The van der Waals surface area contributed by atoms with E-state index in [1.807, 2.05) is 12.1 Å². The van der Waals surface area contributed by atoms with Crippen LogP contribution < -0.4 is 10.6 Å². The molecule has 1 aromatic carbocycles. The van der Waals surface area contributed by atoms with E-state index in [0.29, 0.717) is 12.6 Å². The molecule has 23 heavy (non-hydrogen) atoms. The number of likely N-dealkylation sites (N-methyl/N-ethyl adjacent to an activating group) is 2. The van der Waals surface area contributed by atoms with Crippen molar-refractivity contribution in [3.05, 3.63) is 35.4 Å². The summed E-state index contributed by atoms with van der Waals surface area (Å²) in [5.41, 5.74) is 2.00. The van der Waals surface area contributed by atoms with Crippen molar-refractivity contribution in [1.82, 2.24) is 20.4 Å². The van der Waals surface area contributed by atoms with E-state index in [-0.39, 0.29) is 5.91 Å². The summed E-state index contributed by atoms with van der Waals surface area (Å²) in [7, 11) is 2.17. The lowest BCUT2D eigenvalue weighted by molar-refractivity contribution is 0.0950. The first-order valence-electron chi connectivity index (χ1n) is 8.60. The maximum absolute atomic E-state index is 12.1. The minimum absolute atomic E-state index is 0.000834. The Kier molecular flexibility index (Phi) is 7.02. The molecule has 5 nitrogen and oxygen atoms in total. The van der Waals surface area contributed by atoms with Gasteiger partial charge in [0.1, 0.15) is 0 Å². The van der Waals surface area contributed by atoms with E-state index < -0.39 is 0 Å². The summed E-state index contributed by atoms with van der Waals surface area (Å²) in [6.45, 7) is 11.2. The van der Waals surface area contributed by atoms with Crippen molar-refractivity contribution in [1.29, 1.82) is 0 Å². The van der Waals surface area contributed by atoms with Crippen LogP contribution in [0, 0.1) is 0 Å². The van der Waals surface area contributed by atoms with Crippen molar-refractivity contribution >= 4 is 5.91 Å². The molecule has 2 N–H and O–H groups in total. The molecule has 2 rings (SSSR count).